The molecule has 1 aromatic carbocycles. The molecule has 0 aromatic heterocycles. The zero-order valence-corrected chi connectivity index (χ0v) is 11.0. The van der Waals surface area contributed by atoms with Crippen LogP contribution in [0.3, 0.4) is 0 Å². The van der Waals surface area contributed by atoms with Crippen molar-refractivity contribution >= 4 is 45.8 Å². The summed E-state index contributed by atoms with van der Waals surface area (Å²) in [5, 5.41) is 0.640. The summed E-state index contributed by atoms with van der Waals surface area (Å²) >= 11 is 12.4. The molecule has 0 saturated carbocycles. The highest BCUT2D eigenvalue weighted by atomic mass is 35.5. The molecule has 0 N–H and O–H groups in total. The SMILES string of the molecule is CC1SC(=S)N(Cc2ccc(Cl)cc2)C1=O. The number of thiocarbonyl (C=S) groups is 1. The van der Waals surface area contributed by atoms with Crippen molar-refractivity contribution in [2.45, 2.75) is 18.7 Å². The minimum Gasteiger partial charge on any atom is -0.292 e. The van der Waals surface area contributed by atoms with Crippen molar-refractivity contribution in [1.82, 2.24) is 4.90 Å². The van der Waals surface area contributed by atoms with Gasteiger partial charge in [0, 0.05) is 5.02 Å². The quantitative estimate of drug-likeness (QED) is 0.771. The molecule has 0 aliphatic carbocycles. The summed E-state index contributed by atoms with van der Waals surface area (Å²) < 4.78 is 0.660. The van der Waals surface area contributed by atoms with Gasteiger partial charge < -0.3 is 0 Å². The maximum absolute atomic E-state index is 11.8. The molecule has 2 nitrogen and oxygen atoms in total. The number of hydrogen-bond donors (Lipinski definition) is 0. The summed E-state index contributed by atoms with van der Waals surface area (Å²) in [5.74, 6) is 0.0879. The standard InChI is InChI=1S/C11H10ClNOS2/c1-7-10(14)13(11(15)16-7)6-8-2-4-9(12)5-3-8/h2-5,7H,6H2,1H3. The summed E-state index contributed by atoms with van der Waals surface area (Å²) in [6, 6.07) is 7.45. The van der Waals surface area contributed by atoms with Gasteiger partial charge in [-0.15, -0.1) is 0 Å². The van der Waals surface area contributed by atoms with Crippen LogP contribution in [0.5, 0.6) is 0 Å². The van der Waals surface area contributed by atoms with Crippen LogP contribution in [0.1, 0.15) is 12.5 Å². The third-order valence-electron chi connectivity index (χ3n) is 2.37. The second-order valence-corrected chi connectivity index (χ2v) is 5.99. The van der Waals surface area contributed by atoms with Gasteiger partial charge in [0.25, 0.3) is 0 Å². The predicted octanol–water partition coefficient (Wildman–Crippen LogP) is 3.09. The third-order valence-corrected chi connectivity index (χ3v) is 4.10. The molecule has 0 spiro atoms. The van der Waals surface area contributed by atoms with E-state index in [1.165, 1.54) is 11.8 Å². The predicted molar refractivity (Wildman–Crippen MR) is 71.7 cm³/mol. The van der Waals surface area contributed by atoms with Crippen LogP contribution in [0.25, 0.3) is 0 Å². The van der Waals surface area contributed by atoms with Gasteiger partial charge in [-0.1, -0.05) is 47.7 Å². The molecule has 1 aliphatic rings. The van der Waals surface area contributed by atoms with Crippen LogP contribution in [-0.2, 0) is 11.3 Å². The van der Waals surface area contributed by atoms with E-state index in [1.54, 1.807) is 4.90 Å². The Bertz CT molecular complexity index is 432. The topological polar surface area (TPSA) is 20.3 Å². The number of nitrogens with zero attached hydrogens (tertiary/aromatic N) is 1. The summed E-state index contributed by atoms with van der Waals surface area (Å²) in [5.41, 5.74) is 1.04. The first-order chi connectivity index (χ1) is 7.58. The Balaban J connectivity index is 2.13. The van der Waals surface area contributed by atoms with E-state index < -0.39 is 0 Å². The lowest BCUT2D eigenvalue weighted by Crippen LogP contribution is -2.29. The molecule has 5 heteroatoms. The number of thioether (sulfide) groups is 1. The summed E-state index contributed by atoms with van der Waals surface area (Å²) in [6.45, 7) is 2.41. The van der Waals surface area contributed by atoms with Crippen molar-refractivity contribution in [3.05, 3.63) is 34.9 Å². The van der Waals surface area contributed by atoms with E-state index in [-0.39, 0.29) is 11.2 Å². The van der Waals surface area contributed by atoms with Crippen LogP contribution in [-0.4, -0.2) is 20.4 Å². The molecule has 1 atom stereocenters. The maximum atomic E-state index is 11.8. The van der Waals surface area contributed by atoms with Crippen molar-refractivity contribution in [3.63, 3.8) is 0 Å². The molecule has 1 fully saturated rings. The fraction of sp³-hybridized carbons (Fsp3) is 0.273. The Labute approximate surface area is 109 Å². The number of halogens is 1. The highest BCUT2D eigenvalue weighted by molar-refractivity contribution is 8.24. The summed E-state index contributed by atoms with van der Waals surface area (Å²) in [7, 11) is 0. The first-order valence-corrected chi connectivity index (χ1v) is 6.51. The summed E-state index contributed by atoms with van der Waals surface area (Å²) in [6.07, 6.45) is 0. The second-order valence-electron chi connectivity index (χ2n) is 3.58. The van der Waals surface area contributed by atoms with E-state index in [0.717, 1.165) is 5.56 Å². The van der Waals surface area contributed by atoms with Crippen LogP contribution in [0, 0.1) is 0 Å². The van der Waals surface area contributed by atoms with Crippen molar-refractivity contribution in [2.75, 3.05) is 0 Å². The fourth-order valence-corrected chi connectivity index (χ4v) is 3.02. The zero-order chi connectivity index (χ0) is 11.7. The highest BCUT2D eigenvalue weighted by Gasteiger charge is 2.33. The molecule has 1 amide bonds. The lowest BCUT2D eigenvalue weighted by molar-refractivity contribution is -0.126. The Hall–Kier alpha value is -0.580. The number of amides is 1. The van der Waals surface area contributed by atoms with E-state index in [1.807, 2.05) is 31.2 Å². The van der Waals surface area contributed by atoms with Gasteiger partial charge in [-0.2, -0.15) is 0 Å². The summed E-state index contributed by atoms with van der Waals surface area (Å²) in [4.78, 5) is 13.4. The highest BCUT2D eigenvalue weighted by Crippen LogP contribution is 2.28. The lowest BCUT2D eigenvalue weighted by atomic mass is 10.2. The molecular weight excluding hydrogens is 262 g/mol. The van der Waals surface area contributed by atoms with Crippen LogP contribution in [0.4, 0.5) is 0 Å². The lowest BCUT2D eigenvalue weighted by Gasteiger charge is -2.15. The molecule has 1 unspecified atom stereocenters. The molecule has 84 valence electrons. The Kier molecular flexibility index (Phi) is 3.52. The van der Waals surface area contributed by atoms with Gasteiger partial charge in [0.05, 0.1) is 11.8 Å². The van der Waals surface area contributed by atoms with Crippen LogP contribution >= 0.6 is 35.6 Å². The average molecular weight is 272 g/mol. The molecule has 1 saturated heterocycles. The van der Waals surface area contributed by atoms with Crippen molar-refractivity contribution < 1.29 is 4.79 Å². The zero-order valence-electron chi connectivity index (χ0n) is 8.64. The largest absolute Gasteiger partial charge is 0.292 e. The average Bonchev–Trinajstić information content (AvgIpc) is 2.48. The number of carbonyl (C=O) groups is 1. The normalized spacial score (nSPS) is 20.6. The second kappa shape index (κ2) is 4.73. The molecule has 2 rings (SSSR count). The van der Waals surface area contributed by atoms with Gasteiger partial charge in [-0.05, 0) is 24.6 Å². The van der Waals surface area contributed by atoms with Gasteiger partial charge in [0.15, 0.2) is 0 Å². The van der Waals surface area contributed by atoms with E-state index >= 15 is 0 Å². The Morgan fingerprint density at radius 2 is 2.06 bits per heavy atom. The smallest absolute Gasteiger partial charge is 0.241 e. The minimum atomic E-state index is -0.0557. The monoisotopic (exact) mass is 271 g/mol. The van der Waals surface area contributed by atoms with Crippen LogP contribution in [0.2, 0.25) is 5.02 Å². The van der Waals surface area contributed by atoms with E-state index in [2.05, 4.69) is 0 Å². The molecule has 0 radical (unpaired) electrons. The number of benzene rings is 1. The van der Waals surface area contributed by atoms with Gasteiger partial charge in [-0.25, -0.2) is 0 Å². The minimum absolute atomic E-state index is 0.0557. The third kappa shape index (κ3) is 2.39. The van der Waals surface area contributed by atoms with Gasteiger partial charge in [0.2, 0.25) is 5.91 Å². The van der Waals surface area contributed by atoms with Crippen LogP contribution < -0.4 is 0 Å². The van der Waals surface area contributed by atoms with Crippen LogP contribution in [0.15, 0.2) is 24.3 Å². The Morgan fingerprint density at radius 1 is 1.44 bits per heavy atom. The Morgan fingerprint density at radius 3 is 2.56 bits per heavy atom. The van der Waals surface area contributed by atoms with E-state index in [0.29, 0.717) is 15.9 Å². The van der Waals surface area contributed by atoms with Gasteiger partial charge >= 0.3 is 0 Å². The van der Waals surface area contributed by atoms with Gasteiger partial charge in [-0.3, -0.25) is 9.69 Å². The molecule has 1 heterocycles. The number of hydrogen-bond acceptors (Lipinski definition) is 3. The maximum Gasteiger partial charge on any atom is 0.241 e. The molecule has 0 bridgehead atoms. The first kappa shape index (κ1) is 11.9. The van der Waals surface area contributed by atoms with E-state index in [4.69, 9.17) is 23.8 Å². The van der Waals surface area contributed by atoms with Crippen molar-refractivity contribution in [3.8, 4) is 0 Å². The van der Waals surface area contributed by atoms with E-state index in [9.17, 15) is 4.79 Å². The first-order valence-electron chi connectivity index (χ1n) is 4.84. The number of rotatable bonds is 2. The van der Waals surface area contributed by atoms with Crippen molar-refractivity contribution in [2.24, 2.45) is 0 Å². The fourth-order valence-electron chi connectivity index (χ4n) is 1.49. The molecule has 1 aromatic rings. The van der Waals surface area contributed by atoms with Crippen molar-refractivity contribution in [1.29, 1.82) is 0 Å². The van der Waals surface area contributed by atoms with Gasteiger partial charge in [0.1, 0.15) is 4.32 Å². The molecular formula is C11H10ClNOS2. The number of carbonyl (C=O) groups excluding carboxylic acids is 1. The molecule has 1 aliphatic heterocycles. The molecule has 16 heavy (non-hydrogen) atoms.